The Balaban J connectivity index is 2.03. The molecule has 0 bridgehead atoms. The lowest BCUT2D eigenvalue weighted by Gasteiger charge is -2.06. The molecule has 120 valence electrons. The normalized spacial score (nSPS) is 11.9. The lowest BCUT2D eigenvalue weighted by atomic mass is 10.3. The van der Waals surface area contributed by atoms with E-state index in [4.69, 9.17) is 11.6 Å². The number of hydrogen-bond acceptors (Lipinski definition) is 6. The van der Waals surface area contributed by atoms with E-state index in [9.17, 15) is 8.42 Å². The molecule has 0 atom stereocenters. The molecule has 4 rings (SSSR count). The van der Waals surface area contributed by atoms with E-state index >= 15 is 0 Å². The van der Waals surface area contributed by atoms with Crippen LogP contribution in [-0.4, -0.2) is 28.2 Å². The molecule has 24 heavy (non-hydrogen) atoms. The van der Waals surface area contributed by atoms with Gasteiger partial charge in [0.05, 0.1) is 4.90 Å². The Bertz CT molecular complexity index is 1120. The molecule has 4 aromatic rings. The van der Waals surface area contributed by atoms with E-state index in [0.29, 0.717) is 20.9 Å². The highest BCUT2D eigenvalue weighted by atomic mass is 35.5. The summed E-state index contributed by atoms with van der Waals surface area (Å²) in [4.78, 5) is 8.97. The van der Waals surface area contributed by atoms with Gasteiger partial charge < -0.3 is 0 Å². The molecule has 0 amide bonds. The maximum atomic E-state index is 13.1. The van der Waals surface area contributed by atoms with Crippen LogP contribution in [0.2, 0.25) is 5.02 Å². The summed E-state index contributed by atoms with van der Waals surface area (Å²) in [7, 11) is -3.74. The molecule has 0 radical (unpaired) electrons. The highest BCUT2D eigenvalue weighted by Crippen LogP contribution is 2.38. The summed E-state index contributed by atoms with van der Waals surface area (Å²) >= 11 is 6.97. The van der Waals surface area contributed by atoms with Gasteiger partial charge in [-0.15, -0.1) is 11.3 Å². The second-order valence-corrected chi connectivity index (χ2v) is 8.47. The van der Waals surface area contributed by atoms with Gasteiger partial charge in [0, 0.05) is 16.6 Å². The lowest BCUT2D eigenvalue weighted by molar-refractivity contribution is 0.597. The van der Waals surface area contributed by atoms with Crippen LogP contribution >= 0.6 is 22.9 Å². The SMILES string of the molecule is O=S(=O)(c1ccc(Cl)cc1)c1sc2ncccc2c1-n1cncn1. The number of halogens is 1. The molecule has 0 aliphatic heterocycles. The van der Waals surface area contributed by atoms with Crippen LogP contribution in [-0.2, 0) is 9.84 Å². The second kappa shape index (κ2) is 5.66. The van der Waals surface area contributed by atoms with Crippen molar-refractivity contribution in [2.24, 2.45) is 0 Å². The van der Waals surface area contributed by atoms with Gasteiger partial charge in [0.15, 0.2) is 4.21 Å². The van der Waals surface area contributed by atoms with Gasteiger partial charge in [-0.1, -0.05) is 11.6 Å². The Morgan fingerprint density at radius 1 is 1.12 bits per heavy atom. The van der Waals surface area contributed by atoms with Crippen LogP contribution in [0.5, 0.6) is 0 Å². The largest absolute Gasteiger partial charge is 0.245 e. The van der Waals surface area contributed by atoms with Crippen LogP contribution in [0.25, 0.3) is 15.9 Å². The van der Waals surface area contributed by atoms with Gasteiger partial charge in [-0.05, 0) is 36.4 Å². The Labute approximate surface area is 146 Å². The summed E-state index contributed by atoms with van der Waals surface area (Å²) in [6, 6.07) is 9.65. The van der Waals surface area contributed by atoms with Crippen LogP contribution in [0.1, 0.15) is 0 Å². The highest BCUT2D eigenvalue weighted by molar-refractivity contribution is 7.93. The third kappa shape index (κ3) is 2.39. The predicted octanol–water partition coefficient (Wildman–Crippen LogP) is 3.36. The van der Waals surface area contributed by atoms with Crippen molar-refractivity contribution >= 4 is 43.0 Å². The van der Waals surface area contributed by atoms with Crippen molar-refractivity contribution in [2.45, 2.75) is 9.10 Å². The number of sulfone groups is 1. The maximum absolute atomic E-state index is 13.1. The number of aromatic nitrogens is 4. The van der Waals surface area contributed by atoms with Crippen molar-refractivity contribution < 1.29 is 8.42 Å². The second-order valence-electron chi connectivity index (χ2n) is 4.89. The number of nitrogens with zero attached hydrogens (tertiary/aromatic N) is 4. The number of pyridine rings is 1. The van der Waals surface area contributed by atoms with Crippen LogP contribution in [0.4, 0.5) is 0 Å². The molecule has 0 fully saturated rings. The van der Waals surface area contributed by atoms with Crippen LogP contribution in [0.3, 0.4) is 0 Å². The number of benzene rings is 1. The molecule has 0 spiro atoms. The van der Waals surface area contributed by atoms with Gasteiger partial charge in [-0.3, -0.25) is 0 Å². The van der Waals surface area contributed by atoms with Gasteiger partial charge in [-0.2, -0.15) is 5.10 Å². The fraction of sp³-hybridized carbons (Fsp3) is 0. The molecule has 6 nitrogen and oxygen atoms in total. The average Bonchev–Trinajstić information content (AvgIpc) is 3.22. The topological polar surface area (TPSA) is 77.7 Å². The highest BCUT2D eigenvalue weighted by Gasteiger charge is 2.28. The smallest absolute Gasteiger partial charge is 0.218 e. The van der Waals surface area contributed by atoms with Crippen molar-refractivity contribution in [3.8, 4) is 5.69 Å². The molecule has 0 aliphatic rings. The zero-order valence-corrected chi connectivity index (χ0v) is 14.4. The Morgan fingerprint density at radius 2 is 1.92 bits per heavy atom. The molecular formula is C15H9ClN4O2S2. The lowest BCUT2D eigenvalue weighted by Crippen LogP contribution is -2.05. The molecule has 3 aromatic heterocycles. The summed E-state index contributed by atoms with van der Waals surface area (Å²) in [6.07, 6.45) is 4.45. The zero-order chi connectivity index (χ0) is 16.7. The Kier molecular flexibility index (Phi) is 3.60. The van der Waals surface area contributed by atoms with E-state index in [0.717, 1.165) is 11.3 Å². The van der Waals surface area contributed by atoms with Crippen molar-refractivity contribution in [1.29, 1.82) is 0 Å². The minimum atomic E-state index is -3.74. The van der Waals surface area contributed by atoms with Gasteiger partial charge in [0.25, 0.3) is 0 Å². The maximum Gasteiger partial charge on any atom is 0.218 e. The molecule has 3 heterocycles. The summed E-state index contributed by atoms with van der Waals surface area (Å²) in [5, 5.41) is 5.27. The van der Waals surface area contributed by atoms with Crippen molar-refractivity contribution in [3.05, 3.63) is 60.3 Å². The Hall–Kier alpha value is -2.29. The number of hydrogen-bond donors (Lipinski definition) is 0. The third-order valence-electron chi connectivity index (χ3n) is 3.42. The van der Waals surface area contributed by atoms with Crippen LogP contribution < -0.4 is 0 Å². The molecule has 0 saturated heterocycles. The number of rotatable bonds is 3. The molecule has 0 aliphatic carbocycles. The first-order valence-corrected chi connectivity index (χ1v) is 9.48. The Morgan fingerprint density at radius 3 is 2.62 bits per heavy atom. The minimum absolute atomic E-state index is 0.167. The van der Waals surface area contributed by atoms with Crippen LogP contribution in [0.15, 0.2) is 64.4 Å². The fourth-order valence-corrected chi connectivity index (χ4v) is 5.46. The summed E-state index contributed by atoms with van der Waals surface area (Å²) in [5.74, 6) is 0. The van der Waals surface area contributed by atoms with Gasteiger partial charge in [-0.25, -0.2) is 23.1 Å². The first-order chi connectivity index (χ1) is 11.6. The quantitative estimate of drug-likeness (QED) is 0.547. The average molecular weight is 377 g/mol. The summed E-state index contributed by atoms with van der Waals surface area (Å²) < 4.78 is 27.8. The van der Waals surface area contributed by atoms with Crippen molar-refractivity contribution in [3.63, 3.8) is 0 Å². The van der Waals surface area contributed by atoms with Gasteiger partial charge in [0.1, 0.15) is 23.2 Å². The molecule has 9 heteroatoms. The number of fused-ring (bicyclic) bond motifs is 1. The first-order valence-electron chi connectivity index (χ1n) is 6.80. The standard InChI is InChI=1S/C15H9ClN4O2S2/c16-10-3-5-11(6-4-10)24(21,22)15-13(20-9-17-8-19-20)12-2-1-7-18-14(12)23-15/h1-9H. The molecule has 1 aromatic carbocycles. The summed E-state index contributed by atoms with van der Waals surface area (Å²) in [5.41, 5.74) is 0.454. The zero-order valence-electron chi connectivity index (χ0n) is 12.0. The molecule has 0 unspecified atom stereocenters. The van der Waals surface area contributed by atoms with E-state index in [1.807, 2.05) is 6.07 Å². The monoisotopic (exact) mass is 376 g/mol. The summed E-state index contributed by atoms with van der Waals surface area (Å²) in [6.45, 7) is 0. The molecular weight excluding hydrogens is 368 g/mol. The predicted molar refractivity (Wildman–Crippen MR) is 91.4 cm³/mol. The van der Waals surface area contributed by atoms with Crippen molar-refractivity contribution in [1.82, 2.24) is 19.7 Å². The van der Waals surface area contributed by atoms with Gasteiger partial charge >= 0.3 is 0 Å². The van der Waals surface area contributed by atoms with Crippen molar-refractivity contribution in [2.75, 3.05) is 0 Å². The van der Waals surface area contributed by atoms with E-state index in [1.165, 1.54) is 29.5 Å². The van der Waals surface area contributed by atoms with E-state index in [-0.39, 0.29) is 9.10 Å². The first kappa shape index (κ1) is 15.3. The van der Waals surface area contributed by atoms with Crippen LogP contribution in [0, 0.1) is 0 Å². The van der Waals surface area contributed by atoms with E-state index in [1.54, 1.807) is 24.4 Å². The minimum Gasteiger partial charge on any atom is -0.245 e. The number of thiophene rings is 1. The van der Waals surface area contributed by atoms with E-state index < -0.39 is 9.84 Å². The fourth-order valence-electron chi connectivity index (χ4n) is 2.34. The third-order valence-corrected chi connectivity index (χ3v) is 7.06. The van der Waals surface area contributed by atoms with Gasteiger partial charge in [0.2, 0.25) is 9.84 Å². The molecule has 0 saturated carbocycles. The molecule has 0 N–H and O–H groups in total. The van der Waals surface area contributed by atoms with E-state index in [2.05, 4.69) is 15.1 Å².